The Morgan fingerprint density at radius 3 is 2.81 bits per heavy atom. The maximum Gasteiger partial charge on any atom is 0.253 e. The largest absolute Gasteiger partial charge is 0.493 e. The molecule has 0 aliphatic carbocycles. The third kappa shape index (κ3) is 6.03. The predicted octanol–water partition coefficient (Wildman–Crippen LogP) is 2.85. The number of methoxy groups -OCH3 is 2. The van der Waals surface area contributed by atoms with Crippen LogP contribution in [-0.2, 0) is 16.0 Å². The molecule has 9 heteroatoms. The van der Waals surface area contributed by atoms with Crippen molar-refractivity contribution in [3.63, 3.8) is 0 Å². The number of hydrogen-bond acceptors (Lipinski definition) is 8. The van der Waals surface area contributed by atoms with Crippen LogP contribution in [0.1, 0.15) is 35.1 Å². The molecule has 1 fully saturated rings. The molecule has 184 valence electrons. The topological polar surface area (TPSA) is 135 Å². The molecule has 1 saturated heterocycles. The Morgan fingerprint density at radius 1 is 1.22 bits per heavy atom. The van der Waals surface area contributed by atoms with Gasteiger partial charge in [-0.3, -0.25) is 4.79 Å². The summed E-state index contributed by atoms with van der Waals surface area (Å²) in [5, 5.41) is 2.89. The van der Waals surface area contributed by atoms with Gasteiger partial charge in [-0.15, -0.1) is 0 Å². The number of carbonyl (C=O) groups is 1. The highest BCUT2D eigenvalue weighted by Crippen LogP contribution is 2.33. The molecular weight excluding hydrogens is 458 g/mol. The number of nitrogens with two attached hydrogens (primary N) is 2. The van der Waals surface area contributed by atoms with Crippen molar-refractivity contribution in [1.82, 2.24) is 9.97 Å². The molecular formula is C27H27N5O4. The van der Waals surface area contributed by atoms with Gasteiger partial charge >= 0.3 is 0 Å². The molecule has 2 aromatic carbocycles. The molecule has 2 heterocycles. The van der Waals surface area contributed by atoms with Crippen LogP contribution in [-0.4, -0.2) is 42.8 Å². The van der Waals surface area contributed by atoms with Crippen LogP contribution in [0.5, 0.6) is 11.5 Å². The maximum absolute atomic E-state index is 12.5. The van der Waals surface area contributed by atoms with Crippen LogP contribution in [0.3, 0.4) is 0 Å². The molecule has 0 saturated carbocycles. The van der Waals surface area contributed by atoms with Gasteiger partial charge in [0.1, 0.15) is 11.9 Å². The SMILES string of the molecule is COc1cc(Cc2cnc(N)nc2N)cc(C#Cc2cccc(NC(=O)C3C[C]CCO3)c2)c1OC. The van der Waals surface area contributed by atoms with Crippen LogP contribution in [0.15, 0.2) is 42.6 Å². The van der Waals surface area contributed by atoms with Crippen molar-refractivity contribution < 1.29 is 19.0 Å². The fourth-order valence-electron chi connectivity index (χ4n) is 3.78. The second kappa shape index (κ2) is 11.4. The Hall–Kier alpha value is -4.29. The number of hydrogen-bond donors (Lipinski definition) is 3. The van der Waals surface area contributed by atoms with E-state index in [9.17, 15) is 4.79 Å². The lowest BCUT2D eigenvalue weighted by atomic mass is 10.0. The number of nitrogen functional groups attached to an aromatic ring is 2. The first-order chi connectivity index (χ1) is 17.5. The quantitative estimate of drug-likeness (QED) is 0.454. The number of anilines is 3. The first kappa shape index (κ1) is 24.8. The van der Waals surface area contributed by atoms with Crippen molar-refractivity contribution in [3.05, 3.63) is 71.3 Å². The number of nitrogens with zero attached hydrogens (tertiary/aromatic N) is 2. The zero-order valence-corrected chi connectivity index (χ0v) is 20.1. The summed E-state index contributed by atoms with van der Waals surface area (Å²) in [7, 11) is 3.13. The van der Waals surface area contributed by atoms with Crippen molar-refractivity contribution >= 4 is 23.4 Å². The van der Waals surface area contributed by atoms with Gasteiger partial charge in [-0.05, 0) is 55.2 Å². The zero-order chi connectivity index (χ0) is 25.5. The van der Waals surface area contributed by atoms with Gasteiger partial charge in [0.2, 0.25) is 5.95 Å². The van der Waals surface area contributed by atoms with Crippen LogP contribution in [0, 0.1) is 18.3 Å². The van der Waals surface area contributed by atoms with Gasteiger partial charge in [0.15, 0.2) is 11.5 Å². The van der Waals surface area contributed by atoms with Crippen molar-refractivity contribution in [2.45, 2.75) is 25.4 Å². The second-order valence-electron chi connectivity index (χ2n) is 8.08. The first-order valence-corrected chi connectivity index (χ1v) is 11.3. The Bertz CT molecular complexity index is 1310. The molecule has 1 aliphatic rings. The highest BCUT2D eigenvalue weighted by Gasteiger charge is 2.22. The van der Waals surface area contributed by atoms with E-state index in [-0.39, 0.29) is 11.9 Å². The fourth-order valence-corrected chi connectivity index (χ4v) is 3.78. The number of amides is 1. The molecule has 0 spiro atoms. The van der Waals surface area contributed by atoms with Gasteiger partial charge in [-0.2, -0.15) is 4.98 Å². The minimum atomic E-state index is -0.520. The molecule has 0 bridgehead atoms. The molecule has 2 radical (unpaired) electrons. The minimum Gasteiger partial charge on any atom is -0.493 e. The van der Waals surface area contributed by atoms with Crippen LogP contribution in [0.2, 0.25) is 0 Å². The van der Waals surface area contributed by atoms with Crippen LogP contribution >= 0.6 is 0 Å². The molecule has 3 aromatic rings. The van der Waals surface area contributed by atoms with Crippen LogP contribution < -0.4 is 26.3 Å². The van der Waals surface area contributed by atoms with Gasteiger partial charge in [-0.25, -0.2) is 4.98 Å². The molecule has 5 N–H and O–H groups in total. The molecule has 1 aliphatic heterocycles. The number of aromatic nitrogens is 2. The third-order valence-corrected chi connectivity index (χ3v) is 5.54. The van der Waals surface area contributed by atoms with Gasteiger partial charge in [0.25, 0.3) is 5.91 Å². The summed E-state index contributed by atoms with van der Waals surface area (Å²) < 4.78 is 16.6. The van der Waals surface area contributed by atoms with E-state index < -0.39 is 6.10 Å². The standard InChI is InChI=1S/C27H27N5O4/c1-34-23-15-18(13-20-16-30-27(29)32-25(20)28)12-19(24(23)35-2)10-9-17-6-5-7-21(14-17)31-26(33)22-8-3-4-11-36-22/h5-7,12,14-16,22H,4,8,11,13H2,1-2H3,(H,31,33)(H4,28,29,30,32). The van der Waals surface area contributed by atoms with E-state index in [1.165, 1.54) is 0 Å². The van der Waals surface area contributed by atoms with E-state index in [0.29, 0.717) is 48.0 Å². The van der Waals surface area contributed by atoms with Crippen molar-refractivity contribution in [2.24, 2.45) is 0 Å². The van der Waals surface area contributed by atoms with Gasteiger partial charge in [0, 0.05) is 36.0 Å². The number of benzene rings is 2. The number of ether oxygens (including phenoxy) is 3. The minimum absolute atomic E-state index is 0.122. The Morgan fingerprint density at radius 2 is 2.08 bits per heavy atom. The van der Waals surface area contributed by atoms with E-state index in [1.807, 2.05) is 30.3 Å². The monoisotopic (exact) mass is 485 g/mol. The number of rotatable bonds is 6. The molecule has 9 nitrogen and oxygen atoms in total. The first-order valence-electron chi connectivity index (χ1n) is 11.3. The van der Waals surface area contributed by atoms with Crippen molar-refractivity contribution in [1.29, 1.82) is 0 Å². The lowest BCUT2D eigenvalue weighted by Gasteiger charge is -2.21. The summed E-state index contributed by atoms with van der Waals surface area (Å²) in [6.45, 7) is 0.506. The van der Waals surface area contributed by atoms with Gasteiger partial charge < -0.3 is 31.0 Å². The lowest BCUT2D eigenvalue weighted by molar-refractivity contribution is -0.128. The molecule has 1 unspecified atom stereocenters. The molecule has 4 rings (SSSR count). The third-order valence-electron chi connectivity index (χ3n) is 5.54. The zero-order valence-electron chi connectivity index (χ0n) is 20.1. The van der Waals surface area contributed by atoms with Crippen molar-refractivity contribution in [2.75, 3.05) is 37.6 Å². The van der Waals surface area contributed by atoms with E-state index in [0.717, 1.165) is 23.1 Å². The average Bonchev–Trinajstić information content (AvgIpc) is 2.89. The molecule has 1 atom stereocenters. The van der Waals surface area contributed by atoms with Crippen LogP contribution in [0.25, 0.3) is 0 Å². The summed E-state index contributed by atoms with van der Waals surface area (Å²) >= 11 is 0. The van der Waals surface area contributed by atoms with E-state index in [4.69, 9.17) is 25.7 Å². The summed E-state index contributed by atoms with van der Waals surface area (Å²) in [6.07, 6.45) is 5.92. The normalized spacial score (nSPS) is 14.9. The summed E-state index contributed by atoms with van der Waals surface area (Å²) in [4.78, 5) is 20.5. The predicted molar refractivity (Wildman–Crippen MR) is 136 cm³/mol. The van der Waals surface area contributed by atoms with E-state index >= 15 is 0 Å². The fraction of sp³-hybridized carbons (Fsp3) is 0.259. The second-order valence-corrected chi connectivity index (χ2v) is 8.08. The molecule has 36 heavy (non-hydrogen) atoms. The number of nitrogens with one attached hydrogen (secondary N) is 1. The maximum atomic E-state index is 12.5. The van der Waals surface area contributed by atoms with Gasteiger partial charge in [0.05, 0.1) is 19.8 Å². The van der Waals surface area contributed by atoms with Gasteiger partial charge in [-0.1, -0.05) is 17.9 Å². The average molecular weight is 486 g/mol. The summed E-state index contributed by atoms with van der Waals surface area (Å²) in [6, 6.07) is 11.1. The smallest absolute Gasteiger partial charge is 0.253 e. The summed E-state index contributed by atoms with van der Waals surface area (Å²) in [5.74, 6) is 7.60. The highest BCUT2D eigenvalue weighted by atomic mass is 16.5. The van der Waals surface area contributed by atoms with Crippen molar-refractivity contribution in [3.8, 4) is 23.3 Å². The molecule has 1 aromatic heterocycles. The number of carbonyl (C=O) groups excluding carboxylic acids is 1. The Balaban J connectivity index is 1.59. The molecule has 1 amide bonds. The summed E-state index contributed by atoms with van der Waals surface area (Å²) in [5.41, 5.74) is 15.2. The Kier molecular flexibility index (Phi) is 7.88. The highest BCUT2D eigenvalue weighted by molar-refractivity contribution is 5.94. The lowest BCUT2D eigenvalue weighted by Crippen LogP contribution is -2.33. The van der Waals surface area contributed by atoms with Crippen LogP contribution in [0.4, 0.5) is 17.5 Å². The Labute approximate surface area is 210 Å². The van der Waals surface area contributed by atoms with E-state index in [1.54, 1.807) is 26.5 Å². The van der Waals surface area contributed by atoms with E-state index in [2.05, 4.69) is 33.5 Å².